The first-order valence-electron chi connectivity index (χ1n) is 6.56. The summed E-state index contributed by atoms with van der Waals surface area (Å²) in [5, 5.41) is 0. The summed E-state index contributed by atoms with van der Waals surface area (Å²) in [6.45, 7) is 1.62. The van der Waals surface area contributed by atoms with Gasteiger partial charge in [-0.15, -0.1) is 0 Å². The lowest BCUT2D eigenvalue weighted by Crippen LogP contribution is -2.38. The molecule has 0 saturated carbocycles. The van der Waals surface area contributed by atoms with E-state index in [0.29, 0.717) is 5.69 Å². The molecule has 1 aromatic carbocycles. The van der Waals surface area contributed by atoms with Crippen LogP contribution in [0.2, 0.25) is 0 Å². The number of hydrogen-bond donors (Lipinski definition) is 2. The van der Waals surface area contributed by atoms with Crippen LogP contribution in [0.4, 0.5) is 18.9 Å². The number of alkyl halides is 2. The van der Waals surface area contributed by atoms with Gasteiger partial charge in [0.25, 0.3) is 6.43 Å². The molecule has 4 N–H and O–H groups in total. The van der Waals surface area contributed by atoms with Crippen molar-refractivity contribution in [2.45, 2.75) is 25.4 Å². The van der Waals surface area contributed by atoms with Gasteiger partial charge in [-0.3, -0.25) is 4.99 Å². The number of halogens is 3. The average molecular weight is 309 g/mol. The van der Waals surface area contributed by atoms with Crippen LogP contribution in [0.3, 0.4) is 0 Å². The summed E-state index contributed by atoms with van der Waals surface area (Å²) >= 11 is 0. The van der Waals surface area contributed by atoms with Gasteiger partial charge in [0.1, 0.15) is 17.1 Å². The summed E-state index contributed by atoms with van der Waals surface area (Å²) in [7, 11) is 0. The number of imidazole rings is 1. The second kappa shape index (κ2) is 4.75. The van der Waals surface area contributed by atoms with Crippen LogP contribution in [0.5, 0.6) is 0 Å². The number of benzene rings is 1. The molecule has 2 aromatic rings. The summed E-state index contributed by atoms with van der Waals surface area (Å²) in [4.78, 5) is 8.14. The number of amidine groups is 1. The van der Waals surface area contributed by atoms with E-state index in [2.05, 4.69) is 9.98 Å². The molecule has 1 atom stereocenters. The summed E-state index contributed by atoms with van der Waals surface area (Å²) in [6.07, 6.45) is -1.65. The molecule has 0 fully saturated rings. The molecule has 1 aliphatic heterocycles. The summed E-state index contributed by atoms with van der Waals surface area (Å²) in [5.41, 5.74) is 10.7. The van der Waals surface area contributed by atoms with E-state index < -0.39 is 17.8 Å². The zero-order valence-electron chi connectivity index (χ0n) is 11.7. The molecule has 0 radical (unpaired) electrons. The number of fused-ring (bicyclic) bond motifs is 1. The largest absolute Gasteiger partial charge is 0.399 e. The first-order valence-corrected chi connectivity index (χ1v) is 6.56. The van der Waals surface area contributed by atoms with Crippen LogP contribution in [-0.2, 0) is 12.1 Å². The lowest BCUT2D eigenvalue weighted by molar-refractivity contribution is 0.138. The van der Waals surface area contributed by atoms with Gasteiger partial charge in [-0.2, -0.15) is 0 Å². The minimum absolute atomic E-state index is 0.00306. The van der Waals surface area contributed by atoms with Crippen LogP contribution in [0.25, 0.3) is 0 Å². The molecule has 2 heterocycles. The third-order valence-corrected chi connectivity index (χ3v) is 3.74. The van der Waals surface area contributed by atoms with Gasteiger partial charge in [0.2, 0.25) is 0 Å². The number of hydrogen-bond acceptors (Lipinski definition) is 4. The first-order chi connectivity index (χ1) is 10.3. The van der Waals surface area contributed by atoms with Crippen molar-refractivity contribution in [3.05, 3.63) is 47.3 Å². The van der Waals surface area contributed by atoms with E-state index in [1.807, 2.05) is 0 Å². The van der Waals surface area contributed by atoms with Gasteiger partial charge in [-0.1, -0.05) is 0 Å². The SMILES string of the molecule is CC1(c2cc(N)ccc2F)Cn2c(C(F)F)cnc2C(N)=N1. The van der Waals surface area contributed by atoms with Gasteiger partial charge in [0, 0.05) is 11.3 Å². The fourth-order valence-corrected chi connectivity index (χ4v) is 2.69. The smallest absolute Gasteiger partial charge is 0.280 e. The predicted molar refractivity (Wildman–Crippen MR) is 76.1 cm³/mol. The molecule has 5 nitrogen and oxygen atoms in total. The molecule has 0 bridgehead atoms. The number of nitrogens with two attached hydrogens (primary N) is 2. The number of nitrogens with zero attached hydrogens (tertiary/aromatic N) is 3. The van der Waals surface area contributed by atoms with Crippen LogP contribution >= 0.6 is 0 Å². The van der Waals surface area contributed by atoms with E-state index in [0.717, 1.165) is 6.20 Å². The van der Waals surface area contributed by atoms with Gasteiger partial charge in [-0.25, -0.2) is 18.2 Å². The highest BCUT2D eigenvalue weighted by molar-refractivity contribution is 5.95. The monoisotopic (exact) mass is 309 g/mol. The molecular formula is C14H14F3N5. The zero-order chi connectivity index (χ0) is 16.1. The van der Waals surface area contributed by atoms with Crippen LogP contribution in [0.1, 0.15) is 30.4 Å². The normalized spacial score (nSPS) is 20.9. The highest BCUT2D eigenvalue weighted by Crippen LogP contribution is 2.36. The van der Waals surface area contributed by atoms with Crippen molar-refractivity contribution < 1.29 is 13.2 Å². The maximum atomic E-state index is 14.1. The Morgan fingerprint density at radius 1 is 1.32 bits per heavy atom. The zero-order valence-corrected chi connectivity index (χ0v) is 11.7. The maximum Gasteiger partial charge on any atom is 0.280 e. The molecule has 0 spiro atoms. The van der Waals surface area contributed by atoms with E-state index in [1.165, 1.54) is 22.8 Å². The molecule has 0 amide bonds. The van der Waals surface area contributed by atoms with Crippen molar-refractivity contribution in [3.8, 4) is 0 Å². The third-order valence-electron chi connectivity index (χ3n) is 3.74. The van der Waals surface area contributed by atoms with E-state index in [4.69, 9.17) is 11.5 Å². The number of nitrogen functional groups attached to an aromatic ring is 1. The highest BCUT2D eigenvalue weighted by Gasteiger charge is 2.37. The topological polar surface area (TPSA) is 82.2 Å². The van der Waals surface area contributed by atoms with Gasteiger partial charge < -0.3 is 16.0 Å². The van der Waals surface area contributed by atoms with Gasteiger partial charge in [0.15, 0.2) is 11.7 Å². The van der Waals surface area contributed by atoms with Crippen molar-refractivity contribution in [1.82, 2.24) is 9.55 Å². The molecule has 116 valence electrons. The second-order valence-corrected chi connectivity index (χ2v) is 5.40. The first kappa shape index (κ1) is 14.4. The van der Waals surface area contributed by atoms with Gasteiger partial charge >= 0.3 is 0 Å². The Morgan fingerprint density at radius 2 is 2.05 bits per heavy atom. The maximum absolute atomic E-state index is 14.1. The number of aliphatic imine (C=N–C) groups is 1. The highest BCUT2D eigenvalue weighted by atomic mass is 19.3. The Hall–Kier alpha value is -2.51. The Balaban J connectivity index is 2.15. The molecule has 1 aromatic heterocycles. The number of aromatic nitrogens is 2. The van der Waals surface area contributed by atoms with Crippen LogP contribution in [-0.4, -0.2) is 15.4 Å². The van der Waals surface area contributed by atoms with E-state index in [1.54, 1.807) is 6.92 Å². The summed E-state index contributed by atoms with van der Waals surface area (Å²) in [5.74, 6) is -0.366. The lowest BCUT2D eigenvalue weighted by atomic mass is 9.90. The van der Waals surface area contributed by atoms with E-state index >= 15 is 0 Å². The average Bonchev–Trinajstić information content (AvgIpc) is 2.85. The fraction of sp³-hybridized carbons (Fsp3) is 0.286. The molecule has 22 heavy (non-hydrogen) atoms. The van der Waals surface area contributed by atoms with Crippen molar-refractivity contribution in [3.63, 3.8) is 0 Å². The molecule has 0 saturated heterocycles. The Labute approximate surface area is 124 Å². The molecule has 8 heteroatoms. The Bertz CT molecular complexity index is 768. The Kier molecular flexibility index (Phi) is 3.12. The molecule has 3 rings (SSSR count). The quantitative estimate of drug-likeness (QED) is 0.834. The summed E-state index contributed by atoms with van der Waals surface area (Å²) < 4.78 is 41.6. The van der Waals surface area contributed by atoms with Crippen molar-refractivity contribution in [1.29, 1.82) is 0 Å². The van der Waals surface area contributed by atoms with Crippen LogP contribution in [0, 0.1) is 5.82 Å². The lowest BCUT2D eigenvalue weighted by Gasteiger charge is -2.32. The van der Waals surface area contributed by atoms with Crippen molar-refractivity contribution >= 4 is 11.5 Å². The predicted octanol–water partition coefficient (Wildman–Crippen LogP) is 2.18. The molecule has 1 unspecified atom stereocenters. The number of rotatable bonds is 2. The fourth-order valence-electron chi connectivity index (χ4n) is 2.69. The van der Waals surface area contributed by atoms with E-state index in [9.17, 15) is 13.2 Å². The molecular weight excluding hydrogens is 295 g/mol. The van der Waals surface area contributed by atoms with Crippen molar-refractivity contribution in [2.75, 3.05) is 5.73 Å². The molecule has 1 aliphatic rings. The standard InChI is InChI=1S/C14H14F3N5/c1-14(8-4-7(18)2-3-9(8)15)6-22-10(11(16)17)5-20-13(22)12(19)21-14/h2-5,11H,6,18H2,1H3,(H2,19,21). The minimum Gasteiger partial charge on any atom is -0.399 e. The van der Waals surface area contributed by atoms with Crippen LogP contribution in [0.15, 0.2) is 29.4 Å². The van der Waals surface area contributed by atoms with Gasteiger partial charge in [-0.05, 0) is 25.1 Å². The second-order valence-electron chi connectivity index (χ2n) is 5.40. The van der Waals surface area contributed by atoms with Gasteiger partial charge in [0.05, 0.1) is 12.7 Å². The minimum atomic E-state index is -2.71. The van der Waals surface area contributed by atoms with Crippen LogP contribution < -0.4 is 11.5 Å². The van der Waals surface area contributed by atoms with Crippen molar-refractivity contribution in [2.24, 2.45) is 10.7 Å². The van der Waals surface area contributed by atoms with E-state index in [-0.39, 0.29) is 29.5 Å². The molecule has 0 aliphatic carbocycles. The third kappa shape index (κ3) is 2.11. The Morgan fingerprint density at radius 3 is 2.73 bits per heavy atom. The number of anilines is 1. The summed E-state index contributed by atoms with van der Waals surface area (Å²) in [6, 6.07) is 4.08.